The van der Waals surface area contributed by atoms with Gasteiger partial charge in [-0.3, -0.25) is 9.59 Å². The summed E-state index contributed by atoms with van der Waals surface area (Å²) in [6.07, 6.45) is 2.30. The van der Waals surface area contributed by atoms with Crippen LogP contribution >= 0.6 is 0 Å². The first-order valence-electron chi connectivity index (χ1n) is 9.89. The lowest BCUT2D eigenvalue weighted by molar-refractivity contribution is -0.118. The molecule has 4 rings (SSSR count). The second kappa shape index (κ2) is 7.63. The van der Waals surface area contributed by atoms with Crippen LogP contribution in [-0.2, 0) is 32.3 Å². The highest BCUT2D eigenvalue weighted by Crippen LogP contribution is 2.31. The van der Waals surface area contributed by atoms with Gasteiger partial charge < -0.3 is 9.80 Å². The highest BCUT2D eigenvalue weighted by molar-refractivity contribution is 7.91. The van der Waals surface area contributed by atoms with Gasteiger partial charge in [0, 0.05) is 37.8 Å². The summed E-state index contributed by atoms with van der Waals surface area (Å²) in [6.45, 7) is 2.76. The lowest BCUT2D eigenvalue weighted by Gasteiger charge is -2.28. The van der Waals surface area contributed by atoms with Gasteiger partial charge in [0.25, 0.3) is 0 Å². The Balaban J connectivity index is 1.48. The summed E-state index contributed by atoms with van der Waals surface area (Å²) in [7, 11) is -3.58. The monoisotopic (exact) mass is 412 g/mol. The van der Waals surface area contributed by atoms with Crippen LogP contribution in [0.25, 0.3) is 0 Å². The number of aryl methyl sites for hydroxylation is 1. The Morgan fingerprint density at radius 3 is 2.48 bits per heavy atom. The highest BCUT2D eigenvalue weighted by atomic mass is 32.2. The van der Waals surface area contributed by atoms with E-state index in [4.69, 9.17) is 0 Å². The Kier molecular flexibility index (Phi) is 5.17. The highest BCUT2D eigenvalue weighted by Gasteiger charge is 2.27. The molecule has 0 spiro atoms. The predicted octanol–water partition coefficient (Wildman–Crippen LogP) is 2.74. The summed E-state index contributed by atoms with van der Waals surface area (Å²) in [6, 6.07) is 12.6. The van der Waals surface area contributed by atoms with Gasteiger partial charge in [0.2, 0.25) is 11.8 Å². The normalized spacial score (nSPS) is 15.8. The van der Waals surface area contributed by atoms with E-state index in [1.807, 2.05) is 24.3 Å². The molecule has 0 fully saturated rings. The number of hydrogen-bond donors (Lipinski definition) is 0. The average molecular weight is 413 g/mol. The molecule has 2 aliphatic rings. The Hall–Kier alpha value is -2.67. The molecule has 0 saturated carbocycles. The maximum absolute atomic E-state index is 12.8. The van der Waals surface area contributed by atoms with Gasteiger partial charge in [0.15, 0.2) is 9.84 Å². The van der Waals surface area contributed by atoms with E-state index in [2.05, 4.69) is 0 Å². The summed E-state index contributed by atoms with van der Waals surface area (Å²) in [5, 5.41) is 0. The lowest BCUT2D eigenvalue weighted by Crippen LogP contribution is -2.33. The van der Waals surface area contributed by atoms with E-state index in [9.17, 15) is 18.0 Å². The first-order chi connectivity index (χ1) is 13.9. The van der Waals surface area contributed by atoms with Crippen LogP contribution < -0.4 is 9.80 Å². The van der Waals surface area contributed by atoms with Gasteiger partial charge in [0.1, 0.15) is 0 Å². The third-order valence-corrected chi connectivity index (χ3v) is 7.40. The number of fused-ring (bicyclic) bond motifs is 2. The third-order valence-electron chi connectivity index (χ3n) is 5.68. The lowest BCUT2D eigenvalue weighted by atomic mass is 10.0. The molecule has 0 bridgehead atoms. The van der Waals surface area contributed by atoms with E-state index in [1.165, 1.54) is 6.92 Å². The van der Waals surface area contributed by atoms with Gasteiger partial charge in [-0.1, -0.05) is 18.2 Å². The Morgan fingerprint density at radius 2 is 1.69 bits per heavy atom. The van der Waals surface area contributed by atoms with Crippen LogP contribution in [0.5, 0.6) is 0 Å². The molecule has 2 amide bonds. The molecule has 0 N–H and O–H groups in total. The minimum Gasteiger partial charge on any atom is -0.312 e. The summed E-state index contributed by atoms with van der Waals surface area (Å²) in [5.74, 6) is -0.433. The topological polar surface area (TPSA) is 74.8 Å². The summed E-state index contributed by atoms with van der Waals surface area (Å²) >= 11 is 0. The molecule has 0 aromatic heterocycles. The van der Waals surface area contributed by atoms with Crippen molar-refractivity contribution in [3.05, 3.63) is 53.6 Å². The molecule has 29 heavy (non-hydrogen) atoms. The number of sulfone groups is 1. The SMILES string of the molecule is CC(=O)N1CCCc2cc(S(=O)(=O)CCC(=O)N3CCc4ccccc43)ccc21. The van der Waals surface area contributed by atoms with Crippen molar-refractivity contribution >= 4 is 33.0 Å². The van der Waals surface area contributed by atoms with Crippen LogP contribution in [0, 0.1) is 0 Å². The fourth-order valence-corrected chi connectivity index (χ4v) is 5.44. The fourth-order valence-electron chi connectivity index (χ4n) is 4.17. The zero-order valence-electron chi connectivity index (χ0n) is 16.4. The molecular weight excluding hydrogens is 388 g/mol. The number of carbonyl (C=O) groups is 2. The van der Waals surface area contributed by atoms with Crippen LogP contribution in [0.15, 0.2) is 47.4 Å². The van der Waals surface area contributed by atoms with Crippen molar-refractivity contribution in [1.29, 1.82) is 0 Å². The van der Waals surface area contributed by atoms with Crippen molar-refractivity contribution in [2.75, 3.05) is 28.6 Å². The van der Waals surface area contributed by atoms with E-state index in [-0.39, 0.29) is 28.9 Å². The number of amides is 2. The average Bonchev–Trinajstić information content (AvgIpc) is 3.15. The quantitative estimate of drug-likeness (QED) is 0.774. The number of para-hydroxylation sites is 1. The number of anilines is 2. The minimum absolute atomic E-state index is 0.0435. The van der Waals surface area contributed by atoms with Crippen LogP contribution in [0.1, 0.15) is 30.9 Å². The van der Waals surface area contributed by atoms with Crippen molar-refractivity contribution in [3.63, 3.8) is 0 Å². The van der Waals surface area contributed by atoms with E-state index in [0.29, 0.717) is 13.1 Å². The Bertz CT molecular complexity index is 1080. The van der Waals surface area contributed by atoms with E-state index in [0.717, 1.165) is 41.8 Å². The number of benzene rings is 2. The fraction of sp³-hybridized carbons (Fsp3) is 0.364. The van der Waals surface area contributed by atoms with Crippen molar-refractivity contribution in [3.8, 4) is 0 Å². The van der Waals surface area contributed by atoms with Crippen LogP contribution in [0.2, 0.25) is 0 Å². The third kappa shape index (κ3) is 3.79. The van der Waals surface area contributed by atoms with Crippen molar-refractivity contribution < 1.29 is 18.0 Å². The number of carbonyl (C=O) groups excluding carboxylic acids is 2. The molecule has 0 saturated heterocycles. The standard InChI is InChI=1S/C22H24N2O4S/c1-16(25)23-12-4-6-18-15-19(8-9-21(18)23)29(27,28)14-11-22(26)24-13-10-17-5-2-3-7-20(17)24/h2-3,5,7-9,15H,4,6,10-14H2,1H3. The molecule has 2 aromatic rings. The second-order valence-electron chi connectivity index (χ2n) is 7.56. The van der Waals surface area contributed by atoms with Crippen molar-refractivity contribution in [2.45, 2.75) is 37.5 Å². The van der Waals surface area contributed by atoms with Crippen LogP contribution in [0.3, 0.4) is 0 Å². The largest absolute Gasteiger partial charge is 0.312 e. The summed E-state index contributed by atoms with van der Waals surface area (Å²) in [4.78, 5) is 28.0. The predicted molar refractivity (Wildman–Crippen MR) is 112 cm³/mol. The van der Waals surface area contributed by atoms with E-state index < -0.39 is 9.84 Å². The Morgan fingerprint density at radius 1 is 0.931 bits per heavy atom. The molecule has 0 unspecified atom stereocenters. The Labute approximate surface area is 171 Å². The summed E-state index contributed by atoms with van der Waals surface area (Å²) < 4.78 is 25.7. The summed E-state index contributed by atoms with van der Waals surface area (Å²) in [5.41, 5.74) is 3.65. The van der Waals surface area contributed by atoms with E-state index >= 15 is 0 Å². The molecule has 152 valence electrons. The number of rotatable bonds is 4. The minimum atomic E-state index is -3.58. The molecule has 7 heteroatoms. The molecule has 2 aromatic carbocycles. The maximum Gasteiger partial charge on any atom is 0.228 e. The van der Waals surface area contributed by atoms with Gasteiger partial charge in [-0.05, 0) is 54.7 Å². The zero-order chi connectivity index (χ0) is 20.6. The van der Waals surface area contributed by atoms with Crippen LogP contribution in [-0.4, -0.2) is 39.1 Å². The number of nitrogens with zero attached hydrogens (tertiary/aromatic N) is 2. The van der Waals surface area contributed by atoms with Gasteiger partial charge in [-0.25, -0.2) is 8.42 Å². The smallest absolute Gasteiger partial charge is 0.228 e. The van der Waals surface area contributed by atoms with E-state index in [1.54, 1.807) is 28.0 Å². The number of hydrogen-bond acceptors (Lipinski definition) is 4. The molecule has 0 radical (unpaired) electrons. The van der Waals surface area contributed by atoms with Crippen LogP contribution in [0.4, 0.5) is 11.4 Å². The molecular formula is C22H24N2O4S. The van der Waals surface area contributed by atoms with Gasteiger partial charge in [-0.2, -0.15) is 0 Å². The first kappa shape index (κ1) is 19.6. The van der Waals surface area contributed by atoms with Crippen molar-refractivity contribution in [2.24, 2.45) is 0 Å². The van der Waals surface area contributed by atoms with Gasteiger partial charge in [-0.15, -0.1) is 0 Å². The molecule has 0 aliphatic carbocycles. The van der Waals surface area contributed by atoms with Gasteiger partial charge in [0.05, 0.1) is 10.6 Å². The molecule has 0 atom stereocenters. The first-order valence-corrected chi connectivity index (χ1v) is 11.5. The molecule has 6 nitrogen and oxygen atoms in total. The van der Waals surface area contributed by atoms with Crippen molar-refractivity contribution in [1.82, 2.24) is 0 Å². The zero-order valence-corrected chi connectivity index (χ0v) is 17.2. The molecule has 2 heterocycles. The second-order valence-corrected chi connectivity index (χ2v) is 9.67. The maximum atomic E-state index is 12.8. The molecule has 2 aliphatic heterocycles. The van der Waals surface area contributed by atoms with Gasteiger partial charge >= 0.3 is 0 Å².